The zero-order valence-electron chi connectivity index (χ0n) is 15.8. The van der Waals surface area contributed by atoms with Crippen molar-refractivity contribution in [2.45, 2.75) is 13.5 Å². The summed E-state index contributed by atoms with van der Waals surface area (Å²) in [6.45, 7) is 6.80. The molecule has 1 heterocycles. The normalized spacial score (nSPS) is 11.8. The van der Waals surface area contributed by atoms with Crippen LogP contribution in [0.5, 0.6) is 5.75 Å². The number of amides is 1. The van der Waals surface area contributed by atoms with Crippen molar-refractivity contribution in [3.63, 3.8) is 0 Å². The van der Waals surface area contributed by atoms with Crippen molar-refractivity contribution in [2.24, 2.45) is 4.99 Å². The van der Waals surface area contributed by atoms with Gasteiger partial charge in [0.25, 0.3) is 11.6 Å². The van der Waals surface area contributed by atoms with Gasteiger partial charge < -0.3 is 9.30 Å². The Morgan fingerprint density at radius 2 is 2.07 bits per heavy atom. The highest BCUT2D eigenvalue weighted by Crippen LogP contribution is 2.23. The summed E-state index contributed by atoms with van der Waals surface area (Å²) in [7, 11) is 0. The summed E-state index contributed by atoms with van der Waals surface area (Å²) in [5.74, 6) is 0.348. The van der Waals surface area contributed by atoms with E-state index in [4.69, 9.17) is 4.74 Å². The van der Waals surface area contributed by atoms with Gasteiger partial charge in [-0.25, -0.2) is 0 Å². The topological polar surface area (TPSA) is 86.7 Å². The molecule has 1 amide bonds. The summed E-state index contributed by atoms with van der Waals surface area (Å²) in [6, 6.07) is 11.7. The maximum absolute atomic E-state index is 12.3. The number of allylic oxidation sites excluding steroid dienone is 1. The molecule has 0 bridgehead atoms. The number of carbonyl (C=O) groups is 1. The first-order valence-corrected chi connectivity index (χ1v) is 9.71. The minimum absolute atomic E-state index is 0.000304. The minimum atomic E-state index is -0.468. The minimum Gasteiger partial charge on any atom is -0.494 e. The summed E-state index contributed by atoms with van der Waals surface area (Å²) >= 11 is 1.40. The van der Waals surface area contributed by atoms with E-state index in [1.54, 1.807) is 24.3 Å². The van der Waals surface area contributed by atoms with Crippen LogP contribution in [0.25, 0.3) is 16.3 Å². The number of hydrogen-bond acceptors (Lipinski definition) is 5. The number of non-ortho nitro benzene ring substituents is 1. The van der Waals surface area contributed by atoms with Gasteiger partial charge in [0.2, 0.25) is 0 Å². The second kappa shape index (κ2) is 9.11. The Bertz CT molecular complexity index is 1160. The van der Waals surface area contributed by atoms with E-state index in [2.05, 4.69) is 11.6 Å². The molecule has 0 aliphatic heterocycles. The highest BCUT2D eigenvalue weighted by atomic mass is 32.1. The Hall–Kier alpha value is -3.52. The van der Waals surface area contributed by atoms with Crippen LogP contribution in [0.4, 0.5) is 5.69 Å². The number of nitro benzene ring substituents is 1. The van der Waals surface area contributed by atoms with E-state index >= 15 is 0 Å². The number of nitro groups is 1. The Morgan fingerprint density at radius 1 is 1.31 bits per heavy atom. The molecule has 3 rings (SSSR count). The summed E-state index contributed by atoms with van der Waals surface area (Å²) in [5, 5.41) is 10.7. The Labute approximate surface area is 171 Å². The van der Waals surface area contributed by atoms with Crippen LogP contribution in [0, 0.1) is 10.1 Å². The molecule has 0 fully saturated rings. The second-order valence-electron chi connectivity index (χ2n) is 5.98. The van der Waals surface area contributed by atoms with Crippen LogP contribution in [-0.4, -0.2) is 22.0 Å². The molecule has 0 unspecified atom stereocenters. The standard InChI is InChI=1S/C21H19N3O4S/c1-3-13-23-18-11-10-17(28-4-2)14-19(18)29-21(23)22-20(25)12-7-15-5-8-16(9-6-15)24(26)27/h3,5-12,14H,1,4,13H2,2H3. The third-order valence-electron chi connectivity index (χ3n) is 4.00. The fraction of sp³-hybridized carbons (Fsp3) is 0.143. The van der Waals surface area contributed by atoms with E-state index < -0.39 is 10.8 Å². The van der Waals surface area contributed by atoms with Gasteiger partial charge in [-0.3, -0.25) is 14.9 Å². The second-order valence-corrected chi connectivity index (χ2v) is 6.99. The molecule has 0 aliphatic carbocycles. The van der Waals surface area contributed by atoms with Crippen LogP contribution in [0.1, 0.15) is 12.5 Å². The molecule has 3 aromatic rings. The first-order chi connectivity index (χ1) is 14.0. The van der Waals surface area contributed by atoms with E-state index in [9.17, 15) is 14.9 Å². The molecule has 0 aliphatic rings. The number of fused-ring (bicyclic) bond motifs is 1. The van der Waals surface area contributed by atoms with E-state index in [0.29, 0.717) is 23.5 Å². The number of ether oxygens (including phenoxy) is 1. The van der Waals surface area contributed by atoms with Crippen molar-refractivity contribution in [3.05, 3.63) is 81.7 Å². The smallest absolute Gasteiger partial charge is 0.272 e. The van der Waals surface area contributed by atoms with Gasteiger partial charge in [0.15, 0.2) is 4.80 Å². The molecule has 8 heteroatoms. The fourth-order valence-corrected chi connectivity index (χ4v) is 3.78. The summed E-state index contributed by atoms with van der Waals surface area (Å²) in [5.41, 5.74) is 1.63. The van der Waals surface area contributed by atoms with Gasteiger partial charge in [0.05, 0.1) is 21.7 Å². The van der Waals surface area contributed by atoms with Crippen molar-refractivity contribution in [3.8, 4) is 5.75 Å². The van der Waals surface area contributed by atoms with Crippen LogP contribution in [0.3, 0.4) is 0 Å². The van der Waals surface area contributed by atoms with Crippen molar-refractivity contribution in [1.82, 2.24) is 4.57 Å². The van der Waals surface area contributed by atoms with E-state index in [-0.39, 0.29) is 5.69 Å². The molecule has 0 N–H and O–H groups in total. The van der Waals surface area contributed by atoms with Crippen molar-refractivity contribution in [2.75, 3.05) is 6.61 Å². The van der Waals surface area contributed by atoms with Gasteiger partial charge in [-0.1, -0.05) is 17.4 Å². The summed E-state index contributed by atoms with van der Waals surface area (Å²) in [6.07, 6.45) is 4.67. The molecular formula is C21H19N3O4S. The number of benzene rings is 2. The van der Waals surface area contributed by atoms with Gasteiger partial charge in [-0.2, -0.15) is 4.99 Å². The molecule has 148 valence electrons. The van der Waals surface area contributed by atoms with Crippen LogP contribution in [0.2, 0.25) is 0 Å². The average molecular weight is 409 g/mol. The third kappa shape index (κ3) is 4.85. The van der Waals surface area contributed by atoms with Crippen LogP contribution in [0.15, 0.2) is 66.2 Å². The lowest BCUT2D eigenvalue weighted by molar-refractivity contribution is -0.384. The predicted molar refractivity (Wildman–Crippen MR) is 114 cm³/mol. The highest BCUT2D eigenvalue weighted by Gasteiger charge is 2.08. The predicted octanol–water partition coefficient (Wildman–Crippen LogP) is 4.34. The lowest BCUT2D eigenvalue weighted by Gasteiger charge is -2.03. The Morgan fingerprint density at radius 3 is 2.72 bits per heavy atom. The van der Waals surface area contributed by atoms with Crippen molar-refractivity contribution in [1.29, 1.82) is 0 Å². The zero-order chi connectivity index (χ0) is 20.8. The SMILES string of the molecule is C=CCn1c(=NC(=O)C=Cc2ccc([N+](=O)[O-])cc2)sc2cc(OCC)ccc21. The largest absolute Gasteiger partial charge is 0.494 e. The number of carbonyl (C=O) groups excluding carboxylic acids is 1. The van der Waals surface area contributed by atoms with Crippen molar-refractivity contribution >= 4 is 39.2 Å². The summed E-state index contributed by atoms with van der Waals surface area (Å²) in [4.78, 5) is 27.3. The van der Waals surface area contributed by atoms with Gasteiger partial charge in [0.1, 0.15) is 5.75 Å². The quantitative estimate of drug-likeness (QED) is 0.251. The molecule has 1 aromatic heterocycles. The molecule has 0 saturated carbocycles. The van der Waals surface area contributed by atoms with E-state index in [1.165, 1.54) is 29.5 Å². The molecule has 29 heavy (non-hydrogen) atoms. The molecule has 0 radical (unpaired) electrons. The van der Waals surface area contributed by atoms with E-state index in [0.717, 1.165) is 16.0 Å². The fourth-order valence-electron chi connectivity index (χ4n) is 2.71. The van der Waals surface area contributed by atoms with Gasteiger partial charge in [-0.05, 0) is 48.9 Å². The lowest BCUT2D eigenvalue weighted by atomic mass is 10.2. The Balaban J connectivity index is 1.91. The number of aromatic nitrogens is 1. The maximum Gasteiger partial charge on any atom is 0.272 e. The first-order valence-electron chi connectivity index (χ1n) is 8.90. The van der Waals surface area contributed by atoms with Gasteiger partial charge in [0, 0.05) is 24.8 Å². The third-order valence-corrected chi connectivity index (χ3v) is 5.05. The molecule has 0 spiro atoms. The maximum atomic E-state index is 12.3. The number of hydrogen-bond donors (Lipinski definition) is 0. The molecule has 0 atom stereocenters. The molecule has 2 aromatic carbocycles. The molecular weight excluding hydrogens is 390 g/mol. The van der Waals surface area contributed by atoms with E-state index in [1.807, 2.05) is 29.7 Å². The first kappa shape index (κ1) is 20.2. The molecule has 0 saturated heterocycles. The van der Waals surface area contributed by atoms with Gasteiger partial charge in [-0.15, -0.1) is 6.58 Å². The number of thiazole rings is 1. The monoisotopic (exact) mass is 409 g/mol. The number of rotatable bonds is 7. The lowest BCUT2D eigenvalue weighted by Crippen LogP contribution is -2.15. The Kier molecular flexibility index (Phi) is 6.36. The highest BCUT2D eigenvalue weighted by molar-refractivity contribution is 7.16. The van der Waals surface area contributed by atoms with Gasteiger partial charge >= 0.3 is 0 Å². The zero-order valence-corrected chi connectivity index (χ0v) is 16.6. The van der Waals surface area contributed by atoms with Crippen LogP contribution in [-0.2, 0) is 11.3 Å². The average Bonchev–Trinajstić information content (AvgIpc) is 3.03. The van der Waals surface area contributed by atoms with Crippen LogP contribution < -0.4 is 9.54 Å². The summed E-state index contributed by atoms with van der Waals surface area (Å²) < 4.78 is 8.42. The van der Waals surface area contributed by atoms with Crippen molar-refractivity contribution < 1.29 is 14.5 Å². The number of nitrogens with zero attached hydrogens (tertiary/aromatic N) is 3. The van der Waals surface area contributed by atoms with Crippen LogP contribution >= 0.6 is 11.3 Å². The molecule has 7 nitrogen and oxygen atoms in total.